The number of amides is 2. The van der Waals surface area contributed by atoms with Crippen LogP contribution in [0.25, 0.3) is 0 Å². The molecule has 1 aromatic heterocycles. The average molecular weight is 270 g/mol. The lowest BCUT2D eigenvalue weighted by atomic mass is 10.2. The van der Waals surface area contributed by atoms with Gasteiger partial charge in [-0.3, -0.25) is 5.32 Å². The highest BCUT2D eigenvalue weighted by molar-refractivity contribution is 7.15. The van der Waals surface area contributed by atoms with Gasteiger partial charge in [-0.2, -0.15) is 0 Å². The van der Waals surface area contributed by atoms with Gasteiger partial charge in [0.15, 0.2) is 0 Å². The molecule has 2 heterocycles. The van der Waals surface area contributed by atoms with Gasteiger partial charge in [0.1, 0.15) is 5.01 Å². The first kappa shape index (κ1) is 13.2. The first-order valence-electron chi connectivity index (χ1n) is 6.26. The molecule has 2 amide bonds. The Labute approximate surface area is 110 Å². The standard InChI is InChI=1S/C11H18N4O2S/c1-2-4-9-14-15-11(18-9)13-10(16)12-7-8-5-3-6-17-8/h8H,2-7H2,1H3,(H2,12,13,15,16). The van der Waals surface area contributed by atoms with Gasteiger partial charge in [0, 0.05) is 19.6 Å². The van der Waals surface area contributed by atoms with Gasteiger partial charge in [-0.1, -0.05) is 18.3 Å². The van der Waals surface area contributed by atoms with Crippen molar-refractivity contribution in [3.05, 3.63) is 5.01 Å². The molecule has 2 N–H and O–H groups in total. The molecule has 0 aromatic carbocycles. The molecule has 1 unspecified atom stereocenters. The molecule has 1 saturated heterocycles. The minimum absolute atomic E-state index is 0.154. The highest BCUT2D eigenvalue weighted by atomic mass is 32.1. The van der Waals surface area contributed by atoms with Crippen LogP contribution in [0, 0.1) is 0 Å². The number of nitrogens with zero attached hydrogens (tertiary/aromatic N) is 2. The molecule has 1 aliphatic heterocycles. The summed E-state index contributed by atoms with van der Waals surface area (Å²) in [5, 5.41) is 14.9. The highest BCUT2D eigenvalue weighted by Crippen LogP contribution is 2.16. The van der Waals surface area contributed by atoms with Crippen LogP contribution in [0.5, 0.6) is 0 Å². The number of aromatic nitrogens is 2. The third-order valence-corrected chi connectivity index (χ3v) is 3.56. The number of anilines is 1. The Bertz CT molecular complexity index is 390. The molecule has 1 atom stereocenters. The maximum absolute atomic E-state index is 11.6. The SMILES string of the molecule is CCCc1nnc(NC(=O)NCC2CCCO2)s1. The Morgan fingerprint density at radius 1 is 1.56 bits per heavy atom. The lowest BCUT2D eigenvalue weighted by Crippen LogP contribution is -2.34. The average Bonchev–Trinajstić information content (AvgIpc) is 2.99. The maximum atomic E-state index is 11.6. The van der Waals surface area contributed by atoms with Gasteiger partial charge in [-0.15, -0.1) is 10.2 Å². The van der Waals surface area contributed by atoms with Crippen molar-refractivity contribution in [2.75, 3.05) is 18.5 Å². The van der Waals surface area contributed by atoms with E-state index < -0.39 is 0 Å². The number of urea groups is 1. The zero-order valence-electron chi connectivity index (χ0n) is 10.4. The van der Waals surface area contributed by atoms with Gasteiger partial charge in [0.25, 0.3) is 0 Å². The van der Waals surface area contributed by atoms with E-state index in [2.05, 4.69) is 27.8 Å². The van der Waals surface area contributed by atoms with E-state index in [-0.39, 0.29) is 12.1 Å². The summed E-state index contributed by atoms with van der Waals surface area (Å²) in [7, 11) is 0. The van der Waals surface area contributed by atoms with E-state index in [1.165, 1.54) is 11.3 Å². The summed E-state index contributed by atoms with van der Waals surface area (Å²) in [5.41, 5.74) is 0. The quantitative estimate of drug-likeness (QED) is 0.855. The van der Waals surface area contributed by atoms with E-state index in [1.54, 1.807) is 0 Å². The number of aryl methyl sites for hydroxylation is 1. The monoisotopic (exact) mass is 270 g/mol. The Morgan fingerprint density at radius 3 is 3.17 bits per heavy atom. The number of hydrogen-bond donors (Lipinski definition) is 2. The molecule has 2 rings (SSSR count). The van der Waals surface area contributed by atoms with Crippen molar-refractivity contribution in [2.45, 2.75) is 38.7 Å². The zero-order chi connectivity index (χ0) is 12.8. The van der Waals surface area contributed by atoms with Gasteiger partial charge in [-0.25, -0.2) is 4.79 Å². The molecule has 7 heteroatoms. The fourth-order valence-corrected chi connectivity index (χ4v) is 2.61. The van der Waals surface area contributed by atoms with Crippen LogP contribution >= 0.6 is 11.3 Å². The van der Waals surface area contributed by atoms with Gasteiger partial charge in [0.05, 0.1) is 6.10 Å². The van der Waals surface area contributed by atoms with Crippen molar-refractivity contribution in [3.8, 4) is 0 Å². The summed E-state index contributed by atoms with van der Waals surface area (Å²) in [6.07, 6.45) is 4.17. The molecule has 6 nitrogen and oxygen atoms in total. The number of hydrogen-bond acceptors (Lipinski definition) is 5. The lowest BCUT2D eigenvalue weighted by Gasteiger charge is -2.10. The van der Waals surface area contributed by atoms with Crippen LogP contribution in [0.3, 0.4) is 0 Å². The molecule has 0 radical (unpaired) electrons. The van der Waals surface area contributed by atoms with E-state index in [1.807, 2.05) is 0 Å². The molecule has 100 valence electrons. The smallest absolute Gasteiger partial charge is 0.321 e. The second-order valence-electron chi connectivity index (χ2n) is 4.22. The molecule has 0 aliphatic carbocycles. The summed E-state index contributed by atoms with van der Waals surface area (Å²) in [6.45, 7) is 3.43. The van der Waals surface area contributed by atoms with Crippen LogP contribution in [0.15, 0.2) is 0 Å². The number of ether oxygens (including phenoxy) is 1. The van der Waals surface area contributed by atoms with E-state index >= 15 is 0 Å². The maximum Gasteiger partial charge on any atom is 0.321 e. The number of carbonyl (C=O) groups is 1. The van der Waals surface area contributed by atoms with Crippen molar-refractivity contribution < 1.29 is 9.53 Å². The van der Waals surface area contributed by atoms with E-state index in [0.717, 1.165) is 37.3 Å². The highest BCUT2D eigenvalue weighted by Gasteiger charge is 2.16. The third kappa shape index (κ3) is 3.92. The molecule has 0 bridgehead atoms. The second-order valence-corrected chi connectivity index (χ2v) is 5.28. The van der Waals surface area contributed by atoms with Crippen molar-refractivity contribution in [1.82, 2.24) is 15.5 Å². The van der Waals surface area contributed by atoms with Crippen LogP contribution in [-0.2, 0) is 11.2 Å². The summed E-state index contributed by atoms with van der Waals surface area (Å²) in [4.78, 5) is 11.6. The Kier molecular flexibility index (Phi) is 4.89. The predicted octanol–water partition coefficient (Wildman–Crippen LogP) is 1.79. The van der Waals surface area contributed by atoms with Crippen LogP contribution in [0.1, 0.15) is 31.2 Å². The largest absolute Gasteiger partial charge is 0.376 e. The van der Waals surface area contributed by atoms with Crippen molar-refractivity contribution in [1.29, 1.82) is 0 Å². The van der Waals surface area contributed by atoms with Crippen LogP contribution in [-0.4, -0.2) is 35.5 Å². The molecule has 1 aliphatic rings. The van der Waals surface area contributed by atoms with Crippen LogP contribution < -0.4 is 10.6 Å². The van der Waals surface area contributed by atoms with Gasteiger partial charge in [0.2, 0.25) is 5.13 Å². The topological polar surface area (TPSA) is 76.1 Å². The minimum atomic E-state index is -0.246. The second kappa shape index (κ2) is 6.65. The van der Waals surface area contributed by atoms with E-state index in [4.69, 9.17) is 4.74 Å². The Morgan fingerprint density at radius 2 is 2.44 bits per heavy atom. The predicted molar refractivity (Wildman–Crippen MR) is 69.9 cm³/mol. The Hall–Kier alpha value is -1.21. The fraction of sp³-hybridized carbons (Fsp3) is 0.727. The third-order valence-electron chi connectivity index (χ3n) is 2.67. The molecule has 1 aromatic rings. The van der Waals surface area contributed by atoms with Crippen molar-refractivity contribution in [3.63, 3.8) is 0 Å². The summed E-state index contributed by atoms with van der Waals surface area (Å²) in [6, 6.07) is -0.246. The first-order chi connectivity index (χ1) is 8.78. The van der Waals surface area contributed by atoms with Crippen molar-refractivity contribution in [2.24, 2.45) is 0 Å². The summed E-state index contributed by atoms with van der Waals surface area (Å²) in [5.74, 6) is 0. The van der Waals surface area contributed by atoms with Crippen molar-refractivity contribution >= 4 is 22.5 Å². The number of rotatable bonds is 5. The molecule has 0 saturated carbocycles. The van der Waals surface area contributed by atoms with Gasteiger partial charge in [-0.05, 0) is 19.3 Å². The molecular weight excluding hydrogens is 252 g/mol. The van der Waals surface area contributed by atoms with Crippen LogP contribution in [0.4, 0.5) is 9.93 Å². The molecule has 0 spiro atoms. The van der Waals surface area contributed by atoms with E-state index in [9.17, 15) is 4.79 Å². The normalized spacial score (nSPS) is 18.8. The molecular formula is C11H18N4O2S. The first-order valence-corrected chi connectivity index (χ1v) is 7.08. The Balaban J connectivity index is 1.72. The number of nitrogens with one attached hydrogen (secondary N) is 2. The molecule has 1 fully saturated rings. The van der Waals surface area contributed by atoms with E-state index in [0.29, 0.717) is 11.7 Å². The van der Waals surface area contributed by atoms with Gasteiger partial charge >= 0.3 is 6.03 Å². The fourth-order valence-electron chi connectivity index (χ4n) is 1.77. The number of carbonyl (C=O) groups excluding carboxylic acids is 1. The minimum Gasteiger partial charge on any atom is -0.376 e. The zero-order valence-corrected chi connectivity index (χ0v) is 11.3. The molecule has 18 heavy (non-hydrogen) atoms. The summed E-state index contributed by atoms with van der Waals surface area (Å²) < 4.78 is 5.42. The summed E-state index contributed by atoms with van der Waals surface area (Å²) >= 11 is 1.42. The van der Waals surface area contributed by atoms with Gasteiger partial charge < -0.3 is 10.1 Å². The lowest BCUT2D eigenvalue weighted by molar-refractivity contribution is 0.112. The van der Waals surface area contributed by atoms with Crippen LogP contribution in [0.2, 0.25) is 0 Å².